The molecule has 1 saturated heterocycles. The molecule has 2 aliphatic heterocycles. The maximum absolute atomic E-state index is 12.9. The predicted molar refractivity (Wildman–Crippen MR) is 126 cm³/mol. The van der Waals surface area contributed by atoms with Gasteiger partial charge in [-0.25, -0.2) is 0 Å². The first kappa shape index (κ1) is 22.2. The van der Waals surface area contributed by atoms with Crippen molar-refractivity contribution in [3.8, 4) is 0 Å². The van der Waals surface area contributed by atoms with Crippen LogP contribution >= 0.6 is 11.8 Å². The second-order valence-corrected chi connectivity index (χ2v) is 9.79. The van der Waals surface area contributed by atoms with Gasteiger partial charge in [0.15, 0.2) is 0 Å². The zero-order valence-electron chi connectivity index (χ0n) is 18.2. The number of esters is 1. The summed E-state index contributed by atoms with van der Waals surface area (Å²) < 4.78 is 4.26. The SMILES string of the molecule is COC(=O)C1(CCCN2CCN(c3ccccc3)CC2)Sc2ccccc2CCC1O. The van der Waals surface area contributed by atoms with Crippen LogP contribution in [0.4, 0.5) is 5.69 Å². The van der Waals surface area contributed by atoms with Crippen molar-refractivity contribution < 1.29 is 14.6 Å². The number of anilines is 1. The van der Waals surface area contributed by atoms with Crippen LogP contribution in [0.1, 0.15) is 24.8 Å². The van der Waals surface area contributed by atoms with Crippen LogP contribution in [0.25, 0.3) is 0 Å². The first-order valence-electron chi connectivity index (χ1n) is 11.2. The van der Waals surface area contributed by atoms with Crippen molar-refractivity contribution in [2.75, 3.05) is 44.7 Å². The number of thioether (sulfide) groups is 1. The fraction of sp³-hybridized carbons (Fsp3) is 0.480. The molecule has 0 saturated carbocycles. The molecule has 2 aromatic rings. The van der Waals surface area contributed by atoms with Gasteiger partial charge in [-0.15, -0.1) is 11.8 Å². The summed E-state index contributed by atoms with van der Waals surface area (Å²) in [5.74, 6) is -0.310. The van der Waals surface area contributed by atoms with Crippen LogP contribution < -0.4 is 4.90 Å². The van der Waals surface area contributed by atoms with Gasteiger partial charge in [0.05, 0.1) is 13.2 Å². The van der Waals surface area contributed by atoms with Crippen molar-refractivity contribution in [2.45, 2.75) is 41.4 Å². The van der Waals surface area contributed by atoms with Crippen LogP contribution in [-0.2, 0) is 16.0 Å². The molecule has 5 nitrogen and oxygen atoms in total. The number of methoxy groups -OCH3 is 1. The van der Waals surface area contributed by atoms with Crippen molar-refractivity contribution >= 4 is 23.4 Å². The van der Waals surface area contributed by atoms with E-state index in [4.69, 9.17) is 4.74 Å². The third-order valence-corrected chi connectivity index (χ3v) is 8.16. The fourth-order valence-corrected chi connectivity index (χ4v) is 6.21. The quantitative estimate of drug-likeness (QED) is 0.693. The number of piperazine rings is 1. The van der Waals surface area contributed by atoms with Gasteiger partial charge in [0.2, 0.25) is 0 Å². The molecule has 2 aliphatic rings. The number of carbonyl (C=O) groups excluding carboxylic acids is 1. The van der Waals surface area contributed by atoms with Gasteiger partial charge in [0, 0.05) is 36.8 Å². The van der Waals surface area contributed by atoms with E-state index in [0.717, 1.165) is 50.5 Å². The molecule has 0 aliphatic carbocycles. The minimum Gasteiger partial charge on any atom is -0.468 e. The van der Waals surface area contributed by atoms with Crippen LogP contribution in [0, 0.1) is 0 Å². The second kappa shape index (κ2) is 10.1. The van der Waals surface area contributed by atoms with Gasteiger partial charge in [0.1, 0.15) is 4.75 Å². The molecule has 2 atom stereocenters. The summed E-state index contributed by atoms with van der Waals surface area (Å²) in [5.41, 5.74) is 2.48. The molecular formula is C25H32N2O3S. The fourth-order valence-electron chi connectivity index (χ4n) is 4.70. The van der Waals surface area contributed by atoms with Gasteiger partial charge in [-0.05, 0) is 56.0 Å². The number of nitrogens with zero attached hydrogens (tertiary/aromatic N) is 2. The van der Waals surface area contributed by atoms with E-state index in [9.17, 15) is 9.90 Å². The largest absolute Gasteiger partial charge is 0.468 e. The number of hydrogen-bond acceptors (Lipinski definition) is 6. The molecule has 1 N–H and O–H groups in total. The Kier molecular flexibility index (Phi) is 7.20. The van der Waals surface area contributed by atoms with Crippen LogP contribution in [0.5, 0.6) is 0 Å². The molecule has 2 aromatic carbocycles. The Labute approximate surface area is 189 Å². The molecule has 0 amide bonds. The van der Waals surface area contributed by atoms with Gasteiger partial charge in [-0.3, -0.25) is 9.69 Å². The van der Waals surface area contributed by atoms with E-state index in [-0.39, 0.29) is 5.97 Å². The maximum atomic E-state index is 12.9. The average Bonchev–Trinajstić information content (AvgIpc) is 2.97. The van der Waals surface area contributed by atoms with Crippen molar-refractivity contribution in [3.05, 3.63) is 60.2 Å². The van der Waals surface area contributed by atoms with E-state index in [1.807, 2.05) is 12.1 Å². The Bertz CT molecular complexity index is 870. The first-order valence-corrected chi connectivity index (χ1v) is 12.0. The molecule has 0 radical (unpaired) electrons. The monoisotopic (exact) mass is 440 g/mol. The summed E-state index contributed by atoms with van der Waals surface area (Å²) >= 11 is 1.50. The highest BCUT2D eigenvalue weighted by molar-refractivity contribution is 8.01. The van der Waals surface area contributed by atoms with E-state index >= 15 is 0 Å². The van der Waals surface area contributed by atoms with E-state index < -0.39 is 10.9 Å². The molecule has 166 valence electrons. The Morgan fingerprint density at radius 3 is 2.55 bits per heavy atom. The number of para-hydroxylation sites is 1. The lowest BCUT2D eigenvalue weighted by Gasteiger charge is -2.37. The predicted octanol–water partition coefficient (Wildman–Crippen LogP) is 3.60. The summed E-state index contributed by atoms with van der Waals surface area (Å²) in [6.45, 7) is 4.97. The molecule has 4 rings (SSSR count). The smallest absolute Gasteiger partial charge is 0.324 e. The molecule has 2 heterocycles. The van der Waals surface area contributed by atoms with Gasteiger partial charge >= 0.3 is 5.97 Å². The third kappa shape index (κ3) is 4.92. The van der Waals surface area contributed by atoms with Crippen molar-refractivity contribution in [3.63, 3.8) is 0 Å². The molecule has 0 aromatic heterocycles. The molecule has 2 unspecified atom stereocenters. The highest BCUT2D eigenvalue weighted by Gasteiger charge is 2.48. The van der Waals surface area contributed by atoms with Gasteiger partial charge < -0.3 is 14.7 Å². The highest BCUT2D eigenvalue weighted by Crippen LogP contribution is 2.45. The second-order valence-electron chi connectivity index (χ2n) is 8.41. The molecule has 6 heteroatoms. The zero-order chi connectivity index (χ0) is 21.7. The zero-order valence-corrected chi connectivity index (χ0v) is 19.0. The molecule has 31 heavy (non-hydrogen) atoms. The standard InChI is InChI=1S/C25H32N2O3S/c1-30-24(29)25(23(28)13-12-20-8-5-6-11-22(20)31-25)14-7-15-26-16-18-27(19-17-26)21-9-3-2-4-10-21/h2-6,8-11,23,28H,7,12-19H2,1H3. The van der Waals surface area contributed by atoms with Crippen LogP contribution in [0.15, 0.2) is 59.5 Å². The summed E-state index contributed by atoms with van der Waals surface area (Å²) in [4.78, 5) is 18.9. The Morgan fingerprint density at radius 2 is 1.81 bits per heavy atom. The van der Waals surface area contributed by atoms with Crippen molar-refractivity contribution in [2.24, 2.45) is 0 Å². The number of aliphatic hydroxyl groups is 1. The lowest BCUT2D eigenvalue weighted by Crippen LogP contribution is -2.49. The Balaban J connectivity index is 1.38. The van der Waals surface area contributed by atoms with Gasteiger partial charge in [0.25, 0.3) is 0 Å². The van der Waals surface area contributed by atoms with Crippen LogP contribution in [0.2, 0.25) is 0 Å². The minimum absolute atomic E-state index is 0.310. The number of ether oxygens (including phenoxy) is 1. The Hall–Kier alpha value is -2.02. The van der Waals surface area contributed by atoms with E-state index in [2.05, 4.69) is 52.3 Å². The third-order valence-electron chi connectivity index (χ3n) is 6.54. The number of aryl methyl sites for hydroxylation is 1. The normalized spacial score (nSPS) is 24.3. The number of carbonyl (C=O) groups is 1. The lowest BCUT2D eigenvalue weighted by atomic mass is 9.91. The van der Waals surface area contributed by atoms with E-state index in [1.54, 1.807) is 0 Å². The molecular weight excluding hydrogens is 408 g/mol. The summed E-state index contributed by atoms with van der Waals surface area (Å²) in [5, 5.41) is 11.0. The summed E-state index contributed by atoms with van der Waals surface area (Å²) in [7, 11) is 1.43. The number of rotatable bonds is 6. The number of aliphatic hydroxyl groups excluding tert-OH is 1. The molecule has 0 spiro atoms. The lowest BCUT2D eigenvalue weighted by molar-refractivity contribution is -0.147. The van der Waals surface area contributed by atoms with Crippen LogP contribution in [0.3, 0.4) is 0 Å². The first-order chi connectivity index (χ1) is 15.1. The maximum Gasteiger partial charge on any atom is 0.324 e. The average molecular weight is 441 g/mol. The van der Waals surface area contributed by atoms with Crippen molar-refractivity contribution in [1.82, 2.24) is 4.90 Å². The number of hydrogen-bond donors (Lipinski definition) is 1. The number of fused-ring (bicyclic) bond motifs is 1. The van der Waals surface area contributed by atoms with Crippen LogP contribution in [-0.4, -0.2) is 66.7 Å². The van der Waals surface area contributed by atoms with E-state index in [1.165, 1.54) is 30.1 Å². The Morgan fingerprint density at radius 1 is 1.10 bits per heavy atom. The topological polar surface area (TPSA) is 53.0 Å². The van der Waals surface area contributed by atoms with Crippen molar-refractivity contribution in [1.29, 1.82) is 0 Å². The summed E-state index contributed by atoms with van der Waals surface area (Å²) in [6, 6.07) is 18.7. The molecule has 1 fully saturated rings. The van der Waals surface area contributed by atoms with Gasteiger partial charge in [-0.2, -0.15) is 0 Å². The highest BCUT2D eigenvalue weighted by atomic mass is 32.2. The number of benzene rings is 2. The summed E-state index contributed by atoms with van der Waals surface area (Å²) in [6.07, 6.45) is 2.11. The minimum atomic E-state index is -0.937. The van der Waals surface area contributed by atoms with Gasteiger partial charge in [-0.1, -0.05) is 36.4 Å². The molecule has 0 bridgehead atoms. The van der Waals surface area contributed by atoms with E-state index in [0.29, 0.717) is 12.8 Å².